The maximum atomic E-state index is 12.0. The highest BCUT2D eigenvalue weighted by Gasteiger charge is 2.36. The van der Waals surface area contributed by atoms with Gasteiger partial charge in [-0.2, -0.15) is 4.98 Å². The third-order valence-corrected chi connectivity index (χ3v) is 5.07. The highest BCUT2D eigenvalue weighted by Crippen LogP contribution is 2.41. The zero-order valence-corrected chi connectivity index (χ0v) is 18.9. The summed E-state index contributed by atoms with van der Waals surface area (Å²) >= 11 is 0. The highest BCUT2D eigenvalue weighted by molar-refractivity contribution is 7.41. The van der Waals surface area contributed by atoms with Gasteiger partial charge in [0.15, 0.2) is 11.2 Å². The number of aliphatic hydroxyl groups excluding tert-OH is 1. The number of anilines is 1. The van der Waals surface area contributed by atoms with Gasteiger partial charge in [-0.1, -0.05) is 20.8 Å². The molecule has 0 radical (unpaired) electrons. The van der Waals surface area contributed by atoms with Crippen LogP contribution >= 0.6 is 8.60 Å². The van der Waals surface area contributed by atoms with Gasteiger partial charge in [0.25, 0.3) is 5.56 Å². The number of H-pyrrole nitrogens is 1. The van der Waals surface area contributed by atoms with Crippen molar-refractivity contribution in [1.29, 1.82) is 0 Å². The minimum Gasteiger partial charge on any atom is -0.400 e. The molecule has 4 N–H and O–H groups in total. The van der Waals surface area contributed by atoms with E-state index < -0.39 is 8.60 Å². The van der Waals surface area contributed by atoms with Crippen LogP contribution in [0.5, 0.6) is 0 Å². The Morgan fingerprint density at radius 3 is 2.52 bits per heavy atom. The third-order valence-electron chi connectivity index (χ3n) is 4.12. The Kier molecular flexibility index (Phi) is 10.7. The SMILES string of the molecule is CC.CO.COP(OC)OC[C@@H]1C[C@H](C)[C@H](n2c(C)nc3c(=O)[nH]c(N)nc32)O1. The van der Waals surface area contributed by atoms with E-state index in [2.05, 4.69) is 21.9 Å². The molecule has 29 heavy (non-hydrogen) atoms. The average Bonchev–Trinajstić information content (AvgIpc) is 3.24. The predicted octanol–water partition coefficient (Wildman–Crippen LogP) is 2.10. The number of rotatable bonds is 6. The van der Waals surface area contributed by atoms with Crippen LogP contribution in [0.1, 0.15) is 39.2 Å². The van der Waals surface area contributed by atoms with Gasteiger partial charge in [0.1, 0.15) is 12.1 Å². The van der Waals surface area contributed by atoms with Crippen molar-refractivity contribution < 1.29 is 23.4 Å². The Balaban J connectivity index is 0.000000989. The van der Waals surface area contributed by atoms with Crippen LogP contribution < -0.4 is 11.3 Å². The molecule has 0 aromatic carbocycles. The number of nitrogen functional groups attached to an aromatic ring is 1. The molecule has 0 aliphatic carbocycles. The fourth-order valence-corrected chi connectivity index (χ4v) is 3.73. The summed E-state index contributed by atoms with van der Waals surface area (Å²) < 4.78 is 23.7. The molecule has 3 atom stereocenters. The Morgan fingerprint density at radius 2 is 1.93 bits per heavy atom. The lowest BCUT2D eigenvalue weighted by atomic mass is 10.1. The monoisotopic (exact) mass is 433 g/mol. The number of hydrogen-bond acceptors (Lipinski definition) is 9. The lowest BCUT2D eigenvalue weighted by molar-refractivity contribution is -0.0284. The molecule has 12 heteroatoms. The van der Waals surface area contributed by atoms with Crippen LogP contribution in [0.2, 0.25) is 0 Å². The number of nitrogens with zero attached hydrogens (tertiary/aromatic N) is 3. The first-order chi connectivity index (χ1) is 13.9. The normalized spacial score (nSPS) is 20.9. The average molecular weight is 433 g/mol. The summed E-state index contributed by atoms with van der Waals surface area (Å²) in [7, 11) is 2.70. The highest BCUT2D eigenvalue weighted by atomic mass is 31.2. The fraction of sp³-hybridized carbons (Fsp3) is 0.706. The number of aryl methyl sites for hydroxylation is 1. The van der Waals surface area contributed by atoms with E-state index in [0.29, 0.717) is 18.1 Å². The van der Waals surface area contributed by atoms with E-state index in [1.54, 1.807) is 0 Å². The van der Waals surface area contributed by atoms with Gasteiger partial charge in [-0.3, -0.25) is 14.3 Å². The van der Waals surface area contributed by atoms with Crippen LogP contribution in [0.25, 0.3) is 11.2 Å². The van der Waals surface area contributed by atoms with Crippen molar-refractivity contribution >= 4 is 25.7 Å². The van der Waals surface area contributed by atoms with Crippen LogP contribution in [-0.4, -0.2) is 58.7 Å². The van der Waals surface area contributed by atoms with Gasteiger partial charge in [-0.15, -0.1) is 0 Å². The second kappa shape index (κ2) is 12.2. The molecule has 0 bridgehead atoms. The standard InChI is InChI=1S/C14H22N5O5P.C2H6.CH4O/c1-7-5-9(6-23-25(21-3)22-4)24-13(7)19-8(2)16-10-11(19)17-14(15)18-12(10)20;2*1-2/h7,9,13H,5-6H2,1-4H3,(H3,15,17,18,20);1-2H3;2H,1H3/t7-,9-,13+;;/m0../s1. The maximum absolute atomic E-state index is 12.0. The first-order valence-electron chi connectivity index (χ1n) is 9.30. The Bertz CT molecular complexity index is 809. The first-order valence-corrected chi connectivity index (χ1v) is 10.4. The molecule has 166 valence electrons. The van der Waals surface area contributed by atoms with E-state index in [4.69, 9.17) is 29.1 Å². The number of nitrogens with one attached hydrogen (secondary N) is 1. The first kappa shape index (κ1) is 25.4. The Morgan fingerprint density at radius 1 is 1.31 bits per heavy atom. The van der Waals surface area contributed by atoms with Crippen LogP contribution in [0.3, 0.4) is 0 Å². The minimum absolute atomic E-state index is 0.0509. The Labute approximate surface area is 171 Å². The summed E-state index contributed by atoms with van der Waals surface area (Å²) in [5.41, 5.74) is 6.00. The van der Waals surface area contributed by atoms with Crippen molar-refractivity contribution in [1.82, 2.24) is 19.5 Å². The van der Waals surface area contributed by atoms with Gasteiger partial charge in [0, 0.05) is 27.2 Å². The van der Waals surface area contributed by atoms with E-state index in [9.17, 15) is 4.79 Å². The van der Waals surface area contributed by atoms with Gasteiger partial charge >= 0.3 is 8.60 Å². The summed E-state index contributed by atoms with van der Waals surface area (Å²) in [6, 6.07) is 0. The van der Waals surface area contributed by atoms with Gasteiger partial charge in [0.2, 0.25) is 5.95 Å². The molecule has 3 rings (SSSR count). The van der Waals surface area contributed by atoms with E-state index in [1.165, 1.54) is 14.2 Å². The summed E-state index contributed by atoms with van der Waals surface area (Å²) in [5, 5.41) is 7.00. The number of aromatic nitrogens is 4. The molecule has 1 aliphatic heterocycles. The number of fused-ring (bicyclic) bond motifs is 1. The van der Waals surface area contributed by atoms with Gasteiger partial charge in [0.05, 0.1) is 12.7 Å². The number of hydrogen-bond donors (Lipinski definition) is 3. The van der Waals surface area contributed by atoms with Crippen LogP contribution in [0, 0.1) is 12.8 Å². The molecule has 11 nitrogen and oxygen atoms in total. The van der Waals surface area contributed by atoms with Crippen molar-refractivity contribution in [3.63, 3.8) is 0 Å². The van der Waals surface area contributed by atoms with Crippen LogP contribution in [0.15, 0.2) is 4.79 Å². The minimum atomic E-state index is -1.36. The molecule has 2 aromatic rings. The molecule has 0 unspecified atom stereocenters. The molecule has 3 heterocycles. The number of aromatic amines is 1. The molecule has 0 amide bonds. The largest absolute Gasteiger partial charge is 0.400 e. The number of aliphatic hydroxyl groups is 1. The van der Waals surface area contributed by atoms with Gasteiger partial charge < -0.3 is 29.1 Å². The fourth-order valence-electron chi connectivity index (χ4n) is 3.08. The zero-order valence-electron chi connectivity index (χ0n) is 18.0. The summed E-state index contributed by atoms with van der Waals surface area (Å²) in [4.78, 5) is 23.0. The number of nitrogens with two attached hydrogens (primary N) is 1. The Hall–Kier alpha value is -1.62. The van der Waals surface area contributed by atoms with E-state index in [0.717, 1.165) is 13.5 Å². The van der Waals surface area contributed by atoms with Crippen molar-refractivity contribution in [3.05, 3.63) is 16.2 Å². The molecule has 1 aliphatic rings. The summed E-state index contributed by atoms with van der Waals surface area (Å²) in [6.07, 6.45) is 0.370. The zero-order chi connectivity index (χ0) is 22.1. The second-order valence-corrected chi connectivity index (χ2v) is 7.33. The predicted molar refractivity (Wildman–Crippen MR) is 111 cm³/mol. The number of imidazole rings is 1. The quantitative estimate of drug-likeness (QED) is 0.583. The van der Waals surface area contributed by atoms with Crippen LogP contribution in [-0.2, 0) is 18.3 Å². The van der Waals surface area contributed by atoms with Crippen molar-refractivity contribution in [2.75, 3.05) is 33.7 Å². The maximum Gasteiger partial charge on any atom is 0.332 e. The summed E-state index contributed by atoms with van der Waals surface area (Å²) in [5.74, 6) is 0.881. The molecule has 1 fully saturated rings. The van der Waals surface area contributed by atoms with Crippen molar-refractivity contribution in [3.8, 4) is 0 Å². The smallest absolute Gasteiger partial charge is 0.332 e. The van der Waals surface area contributed by atoms with Gasteiger partial charge in [-0.25, -0.2) is 4.98 Å². The van der Waals surface area contributed by atoms with Crippen molar-refractivity contribution in [2.24, 2.45) is 5.92 Å². The lowest BCUT2D eigenvalue weighted by Gasteiger charge is -2.20. The van der Waals surface area contributed by atoms with E-state index in [-0.39, 0.29) is 35.3 Å². The topological polar surface area (TPSA) is 147 Å². The number of ether oxygens (including phenoxy) is 1. The van der Waals surface area contributed by atoms with E-state index >= 15 is 0 Å². The van der Waals surface area contributed by atoms with Crippen LogP contribution in [0.4, 0.5) is 5.95 Å². The lowest BCUT2D eigenvalue weighted by Crippen LogP contribution is -2.19. The van der Waals surface area contributed by atoms with Gasteiger partial charge in [-0.05, 0) is 13.3 Å². The van der Waals surface area contributed by atoms with E-state index in [1.807, 2.05) is 25.3 Å². The molecular weight excluding hydrogens is 401 g/mol. The molecular formula is C17H32N5O6P. The second-order valence-electron chi connectivity index (χ2n) is 5.90. The molecule has 0 spiro atoms. The summed E-state index contributed by atoms with van der Waals surface area (Å²) in [6.45, 7) is 8.24. The molecule has 1 saturated heterocycles. The molecule has 0 saturated carbocycles. The van der Waals surface area contributed by atoms with Crippen molar-refractivity contribution in [2.45, 2.75) is 46.4 Å². The third kappa shape index (κ3) is 5.94. The molecule has 2 aromatic heterocycles.